The minimum Gasteiger partial charge on any atom is -0.493 e. The van der Waals surface area contributed by atoms with Crippen LogP contribution in [0.3, 0.4) is 0 Å². The zero-order valence-electron chi connectivity index (χ0n) is 22.4. The number of rotatable bonds is 8. The Kier molecular flexibility index (Phi) is 7.92. The highest BCUT2D eigenvalue weighted by Gasteiger charge is 2.31. The highest BCUT2D eigenvalue weighted by atomic mass is 19.4. The van der Waals surface area contributed by atoms with Gasteiger partial charge in [0, 0.05) is 11.1 Å². The van der Waals surface area contributed by atoms with E-state index in [-0.39, 0.29) is 34.9 Å². The summed E-state index contributed by atoms with van der Waals surface area (Å²) in [5.74, 6) is 0.435. The number of ether oxygens (including phenoxy) is 3. The Bertz CT molecular complexity index is 1810. The van der Waals surface area contributed by atoms with E-state index >= 15 is 0 Å². The van der Waals surface area contributed by atoms with Gasteiger partial charge in [-0.3, -0.25) is 4.79 Å². The lowest BCUT2D eigenvalue weighted by atomic mass is 10.1. The molecule has 7 nitrogen and oxygen atoms in total. The van der Waals surface area contributed by atoms with Crippen LogP contribution in [0.1, 0.15) is 16.7 Å². The lowest BCUT2D eigenvalue weighted by Gasteiger charge is -2.15. The Labute approximate surface area is 237 Å². The Morgan fingerprint density at radius 3 is 2.26 bits per heavy atom. The molecule has 1 heterocycles. The molecule has 42 heavy (non-hydrogen) atoms. The van der Waals surface area contributed by atoms with Crippen LogP contribution in [0.25, 0.3) is 22.3 Å². The predicted octanol–water partition coefficient (Wildman–Crippen LogP) is 6.70. The molecule has 0 atom stereocenters. The number of alkyl halides is 3. The first kappa shape index (κ1) is 28.3. The van der Waals surface area contributed by atoms with Crippen molar-refractivity contribution in [1.82, 2.24) is 9.66 Å². The van der Waals surface area contributed by atoms with Crippen molar-refractivity contribution < 1.29 is 31.8 Å². The summed E-state index contributed by atoms with van der Waals surface area (Å²) < 4.78 is 71.5. The van der Waals surface area contributed by atoms with Crippen LogP contribution in [-0.2, 0) is 12.8 Å². The van der Waals surface area contributed by atoms with Gasteiger partial charge in [0.25, 0.3) is 5.56 Å². The Morgan fingerprint density at radius 2 is 1.60 bits per heavy atom. The van der Waals surface area contributed by atoms with Gasteiger partial charge in [0.2, 0.25) is 5.75 Å². The highest BCUT2D eigenvalue weighted by Crippen LogP contribution is 2.39. The van der Waals surface area contributed by atoms with Crippen molar-refractivity contribution in [2.75, 3.05) is 14.2 Å². The maximum absolute atomic E-state index is 13.5. The molecule has 0 aliphatic heterocycles. The molecule has 11 heteroatoms. The van der Waals surface area contributed by atoms with Crippen LogP contribution < -0.4 is 19.8 Å². The molecular formula is C31H23F4N3O4. The minimum atomic E-state index is -4.59. The van der Waals surface area contributed by atoms with E-state index in [0.717, 1.165) is 22.4 Å². The molecular weight excluding hydrogens is 554 g/mol. The van der Waals surface area contributed by atoms with Crippen molar-refractivity contribution in [1.29, 1.82) is 0 Å². The zero-order chi connectivity index (χ0) is 29.9. The second-order valence-corrected chi connectivity index (χ2v) is 9.06. The number of aromatic nitrogens is 2. The smallest absolute Gasteiger partial charge is 0.416 e. The first-order chi connectivity index (χ1) is 20.2. The first-order valence-corrected chi connectivity index (χ1v) is 12.5. The van der Waals surface area contributed by atoms with Crippen LogP contribution in [-0.4, -0.2) is 30.1 Å². The number of para-hydroxylation sites is 1. The topological polar surface area (TPSA) is 74.9 Å². The van der Waals surface area contributed by atoms with Crippen molar-refractivity contribution in [2.24, 2.45) is 5.10 Å². The van der Waals surface area contributed by atoms with Crippen molar-refractivity contribution in [3.63, 3.8) is 0 Å². The number of hydrogen-bond donors (Lipinski definition) is 0. The second-order valence-electron chi connectivity index (χ2n) is 9.06. The first-order valence-electron chi connectivity index (χ1n) is 12.5. The van der Waals surface area contributed by atoms with E-state index in [4.69, 9.17) is 14.2 Å². The lowest BCUT2D eigenvalue weighted by Crippen LogP contribution is -2.20. The van der Waals surface area contributed by atoms with E-state index in [2.05, 4.69) is 10.1 Å². The standard InChI is InChI=1S/C31H23F4N3O4/c1-40-26-14-20(15-27(41-2)28(26)42-18-19-10-12-23(32)13-11-19)17-36-38-29(21-6-5-7-22(16-21)31(33,34)35)37-25-9-4-3-8-24(25)30(38)39/h3-17H,18H2,1-2H3. The third-order valence-corrected chi connectivity index (χ3v) is 6.30. The molecule has 5 rings (SSSR count). The minimum absolute atomic E-state index is 0.0598. The summed E-state index contributed by atoms with van der Waals surface area (Å²) in [5, 5.41) is 4.57. The van der Waals surface area contributed by atoms with Gasteiger partial charge in [0.1, 0.15) is 12.4 Å². The van der Waals surface area contributed by atoms with Gasteiger partial charge in [0.15, 0.2) is 17.3 Å². The third-order valence-electron chi connectivity index (χ3n) is 6.30. The molecule has 0 saturated heterocycles. The van der Waals surface area contributed by atoms with Crippen LogP contribution >= 0.6 is 0 Å². The summed E-state index contributed by atoms with van der Waals surface area (Å²) >= 11 is 0. The maximum atomic E-state index is 13.5. The predicted molar refractivity (Wildman–Crippen MR) is 150 cm³/mol. The molecule has 0 aliphatic rings. The number of hydrogen-bond acceptors (Lipinski definition) is 6. The Hall–Kier alpha value is -5.19. The van der Waals surface area contributed by atoms with E-state index in [9.17, 15) is 22.4 Å². The normalized spacial score (nSPS) is 11.7. The fraction of sp³-hybridized carbons (Fsp3) is 0.129. The molecule has 0 fully saturated rings. The van der Waals surface area contributed by atoms with Gasteiger partial charge in [-0.1, -0.05) is 36.4 Å². The molecule has 0 radical (unpaired) electrons. The number of fused-ring (bicyclic) bond motifs is 1. The van der Waals surface area contributed by atoms with E-state index < -0.39 is 17.3 Å². The summed E-state index contributed by atoms with van der Waals surface area (Å²) in [5.41, 5.74) is 0.0762. The van der Waals surface area contributed by atoms with Crippen LogP contribution in [0, 0.1) is 5.82 Å². The summed E-state index contributed by atoms with van der Waals surface area (Å²) in [4.78, 5) is 17.9. The molecule has 5 aromatic rings. The van der Waals surface area contributed by atoms with E-state index in [1.807, 2.05) is 0 Å². The quantitative estimate of drug-likeness (QED) is 0.152. The monoisotopic (exact) mass is 577 g/mol. The molecule has 4 aromatic carbocycles. The molecule has 0 spiro atoms. The number of benzene rings is 4. The Balaban J connectivity index is 1.56. The van der Waals surface area contributed by atoms with Gasteiger partial charge < -0.3 is 14.2 Å². The highest BCUT2D eigenvalue weighted by molar-refractivity contribution is 5.84. The van der Waals surface area contributed by atoms with Gasteiger partial charge in [-0.15, -0.1) is 0 Å². The SMILES string of the molecule is COc1cc(C=Nn2c(-c3cccc(C(F)(F)F)c3)nc3ccccc3c2=O)cc(OC)c1OCc1ccc(F)cc1. The van der Waals surface area contributed by atoms with Crippen LogP contribution in [0.5, 0.6) is 17.2 Å². The number of methoxy groups -OCH3 is 2. The van der Waals surface area contributed by atoms with Crippen molar-refractivity contribution in [3.8, 4) is 28.6 Å². The zero-order valence-corrected chi connectivity index (χ0v) is 22.4. The molecule has 0 N–H and O–H groups in total. The largest absolute Gasteiger partial charge is 0.493 e. The molecule has 214 valence electrons. The van der Waals surface area contributed by atoms with Gasteiger partial charge >= 0.3 is 6.18 Å². The van der Waals surface area contributed by atoms with Crippen molar-refractivity contribution >= 4 is 17.1 Å². The van der Waals surface area contributed by atoms with Gasteiger partial charge in [-0.25, -0.2) is 9.37 Å². The van der Waals surface area contributed by atoms with Gasteiger partial charge in [-0.2, -0.15) is 22.9 Å². The summed E-state index contributed by atoms with van der Waals surface area (Å²) in [6, 6.07) is 20.0. The van der Waals surface area contributed by atoms with E-state index in [1.165, 1.54) is 44.7 Å². The van der Waals surface area contributed by atoms with Crippen molar-refractivity contribution in [2.45, 2.75) is 12.8 Å². The van der Waals surface area contributed by atoms with E-state index in [0.29, 0.717) is 22.6 Å². The molecule has 0 aliphatic carbocycles. The Morgan fingerprint density at radius 1 is 0.905 bits per heavy atom. The summed E-state index contributed by atoms with van der Waals surface area (Å²) in [6.07, 6.45) is -3.25. The maximum Gasteiger partial charge on any atom is 0.416 e. The third kappa shape index (κ3) is 5.95. The van der Waals surface area contributed by atoms with Crippen molar-refractivity contribution in [3.05, 3.63) is 118 Å². The van der Waals surface area contributed by atoms with Crippen LogP contribution in [0.15, 0.2) is 94.8 Å². The fourth-order valence-electron chi connectivity index (χ4n) is 4.23. The summed E-state index contributed by atoms with van der Waals surface area (Å²) in [6.45, 7) is 0.110. The van der Waals surface area contributed by atoms with E-state index in [1.54, 1.807) is 48.5 Å². The van der Waals surface area contributed by atoms with Crippen LogP contribution in [0.2, 0.25) is 0 Å². The lowest BCUT2D eigenvalue weighted by molar-refractivity contribution is -0.137. The number of halogens is 4. The molecule has 0 amide bonds. The second kappa shape index (κ2) is 11.7. The molecule has 0 unspecified atom stereocenters. The number of nitrogens with zero attached hydrogens (tertiary/aromatic N) is 3. The average molecular weight is 578 g/mol. The molecule has 1 aromatic heterocycles. The van der Waals surface area contributed by atoms with Gasteiger partial charge in [0.05, 0.1) is 36.9 Å². The summed E-state index contributed by atoms with van der Waals surface area (Å²) in [7, 11) is 2.87. The average Bonchev–Trinajstić information content (AvgIpc) is 2.99. The fourth-order valence-corrected chi connectivity index (χ4v) is 4.23. The molecule has 0 saturated carbocycles. The van der Waals surface area contributed by atoms with Gasteiger partial charge in [-0.05, 0) is 54.1 Å². The molecule has 0 bridgehead atoms. The van der Waals surface area contributed by atoms with Crippen LogP contribution in [0.4, 0.5) is 17.6 Å².